The van der Waals surface area contributed by atoms with E-state index < -0.39 is 17.9 Å². The van der Waals surface area contributed by atoms with Crippen molar-refractivity contribution < 1.29 is 19.2 Å². The molecule has 7 heteroatoms. The normalized spacial score (nSPS) is 15.7. The second-order valence-corrected chi connectivity index (χ2v) is 6.81. The van der Waals surface area contributed by atoms with E-state index in [0.717, 1.165) is 18.5 Å². The summed E-state index contributed by atoms with van der Waals surface area (Å²) in [6.45, 7) is 5.58. The molecule has 1 aliphatic carbocycles. The van der Waals surface area contributed by atoms with Gasteiger partial charge in [0.15, 0.2) is 0 Å². The largest absolute Gasteiger partial charge is 0.480 e. The summed E-state index contributed by atoms with van der Waals surface area (Å²) in [6, 6.07) is 0.818. The minimum absolute atomic E-state index is 0.156. The third kappa shape index (κ3) is 3.25. The smallest absolute Gasteiger partial charge is 0.326 e. The maximum Gasteiger partial charge on any atom is 0.326 e. The highest BCUT2D eigenvalue weighted by atomic mass is 16.5. The van der Waals surface area contributed by atoms with Gasteiger partial charge in [-0.15, -0.1) is 0 Å². The van der Waals surface area contributed by atoms with Crippen molar-refractivity contribution in [2.45, 2.75) is 52.0 Å². The number of pyridine rings is 1. The number of aliphatic carboxylic acids is 1. The molecule has 2 heterocycles. The zero-order valence-electron chi connectivity index (χ0n) is 14.0. The SMILES string of the molecule is Cc1noc2nc(C3CC3)cc(C(=O)N[C@@H](CC(C)C)C(=O)O)c12. The molecule has 1 atom stereocenters. The highest BCUT2D eigenvalue weighted by molar-refractivity contribution is 6.07. The van der Waals surface area contributed by atoms with Crippen molar-refractivity contribution >= 4 is 23.0 Å². The number of amides is 1. The van der Waals surface area contributed by atoms with Crippen LogP contribution in [0.15, 0.2) is 10.6 Å². The van der Waals surface area contributed by atoms with E-state index in [1.54, 1.807) is 13.0 Å². The van der Waals surface area contributed by atoms with E-state index in [2.05, 4.69) is 15.5 Å². The fourth-order valence-electron chi connectivity index (χ4n) is 2.81. The molecule has 128 valence electrons. The second-order valence-electron chi connectivity index (χ2n) is 6.81. The quantitative estimate of drug-likeness (QED) is 0.843. The van der Waals surface area contributed by atoms with Gasteiger partial charge in [-0.3, -0.25) is 4.79 Å². The fourth-order valence-corrected chi connectivity index (χ4v) is 2.81. The highest BCUT2D eigenvalue weighted by Crippen LogP contribution is 2.40. The summed E-state index contributed by atoms with van der Waals surface area (Å²) >= 11 is 0. The molecular weight excluding hydrogens is 310 g/mol. The monoisotopic (exact) mass is 331 g/mol. The van der Waals surface area contributed by atoms with Gasteiger partial charge >= 0.3 is 5.97 Å². The van der Waals surface area contributed by atoms with Gasteiger partial charge in [0.2, 0.25) is 0 Å². The van der Waals surface area contributed by atoms with Gasteiger partial charge in [0, 0.05) is 11.6 Å². The predicted molar refractivity (Wildman–Crippen MR) is 86.9 cm³/mol. The van der Waals surface area contributed by atoms with Crippen LogP contribution in [0.3, 0.4) is 0 Å². The number of carbonyl (C=O) groups is 2. The molecule has 1 saturated carbocycles. The van der Waals surface area contributed by atoms with E-state index in [1.165, 1.54) is 0 Å². The van der Waals surface area contributed by atoms with Gasteiger partial charge < -0.3 is 14.9 Å². The van der Waals surface area contributed by atoms with Crippen LogP contribution in [0, 0.1) is 12.8 Å². The minimum Gasteiger partial charge on any atom is -0.480 e. The number of fused-ring (bicyclic) bond motifs is 1. The van der Waals surface area contributed by atoms with E-state index in [1.807, 2.05) is 13.8 Å². The number of nitrogens with one attached hydrogen (secondary N) is 1. The number of aryl methyl sites for hydroxylation is 1. The maximum atomic E-state index is 12.7. The Morgan fingerprint density at radius 1 is 1.42 bits per heavy atom. The summed E-state index contributed by atoms with van der Waals surface area (Å²) in [4.78, 5) is 28.6. The summed E-state index contributed by atoms with van der Waals surface area (Å²) in [6.07, 6.45) is 2.45. The number of hydrogen-bond donors (Lipinski definition) is 2. The van der Waals surface area contributed by atoms with Crippen LogP contribution in [0.1, 0.15) is 60.8 Å². The van der Waals surface area contributed by atoms with Crippen LogP contribution >= 0.6 is 0 Å². The minimum atomic E-state index is -1.04. The molecular formula is C17H21N3O4. The van der Waals surface area contributed by atoms with Crippen molar-refractivity contribution in [2.24, 2.45) is 5.92 Å². The number of carboxylic acid groups (broad SMARTS) is 1. The first-order chi connectivity index (χ1) is 11.4. The molecule has 2 aromatic rings. The Kier molecular flexibility index (Phi) is 4.26. The summed E-state index contributed by atoms with van der Waals surface area (Å²) < 4.78 is 5.22. The molecule has 1 aliphatic rings. The van der Waals surface area contributed by atoms with E-state index in [4.69, 9.17) is 4.52 Å². The molecule has 0 aliphatic heterocycles. The molecule has 0 saturated heterocycles. The highest BCUT2D eigenvalue weighted by Gasteiger charge is 2.30. The number of rotatable bonds is 6. The lowest BCUT2D eigenvalue weighted by atomic mass is 10.0. The Morgan fingerprint density at radius 2 is 2.12 bits per heavy atom. The van der Waals surface area contributed by atoms with Gasteiger partial charge in [-0.25, -0.2) is 9.78 Å². The summed E-state index contributed by atoms with van der Waals surface area (Å²) in [5, 5.41) is 16.4. The van der Waals surface area contributed by atoms with Crippen molar-refractivity contribution in [1.29, 1.82) is 0 Å². The topological polar surface area (TPSA) is 105 Å². The Labute approximate surface area is 139 Å². The average molecular weight is 331 g/mol. The lowest BCUT2D eigenvalue weighted by Crippen LogP contribution is -2.41. The molecule has 1 amide bonds. The number of carboxylic acids is 1. The third-order valence-corrected chi connectivity index (χ3v) is 4.19. The van der Waals surface area contributed by atoms with Crippen molar-refractivity contribution in [2.75, 3.05) is 0 Å². The molecule has 24 heavy (non-hydrogen) atoms. The van der Waals surface area contributed by atoms with Gasteiger partial charge in [-0.2, -0.15) is 0 Å². The van der Waals surface area contributed by atoms with E-state index >= 15 is 0 Å². The molecule has 2 N–H and O–H groups in total. The van der Waals surface area contributed by atoms with Crippen molar-refractivity contribution in [3.63, 3.8) is 0 Å². The Hall–Kier alpha value is -2.44. The van der Waals surface area contributed by atoms with E-state index in [-0.39, 0.29) is 5.92 Å². The molecule has 0 radical (unpaired) electrons. The predicted octanol–water partition coefficient (Wildman–Crippen LogP) is 2.64. The molecule has 0 spiro atoms. The Morgan fingerprint density at radius 3 is 2.71 bits per heavy atom. The molecule has 3 rings (SSSR count). The van der Waals surface area contributed by atoms with Gasteiger partial charge in [-0.1, -0.05) is 19.0 Å². The van der Waals surface area contributed by atoms with Gasteiger partial charge in [-0.05, 0) is 38.2 Å². The standard InChI is InChI=1S/C17H21N3O4/c1-8(2)6-13(17(22)23)18-15(21)11-7-12(10-4-5-10)19-16-14(11)9(3)20-24-16/h7-8,10,13H,4-6H2,1-3H3,(H,18,21)(H,22,23)/t13-/m0/s1. The average Bonchev–Trinajstić information content (AvgIpc) is 3.29. The first kappa shape index (κ1) is 16.4. The summed E-state index contributed by atoms with van der Waals surface area (Å²) in [7, 11) is 0. The molecule has 1 fully saturated rings. The van der Waals surface area contributed by atoms with Gasteiger partial charge in [0.1, 0.15) is 6.04 Å². The van der Waals surface area contributed by atoms with Crippen LogP contribution < -0.4 is 5.32 Å². The fraction of sp³-hybridized carbons (Fsp3) is 0.529. The lowest BCUT2D eigenvalue weighted by molar-refractivity contribution is -0.139. The lowest BCUT2D eigenvalue weighted by Gasteiger charge is -2.17. The van der Waals surface area contributed by atoms with Crippen molar-refractivity contribution in [1.82, 2.24) is 15.5 Å². The van der Waals surface area contributed by atoms with Gasteiger partial charge in [0.25, 0.3) is 11.6 Å². The molecule has 0 unspecified atom stereocenters. The van der Waals surface area contributed by atoms with Crippen LogP contribution in [0.25, 0.3) is 11.1 Å². The van der Waals surface area contributed by atoms with Crippen LogP contribution in [0.2, 0.25) is 0 Å². The first-order valence-corrected chi connectivity index (χ1v) is 8.17. The number of hydrogen-bond acceptors (Lipinski definition) is 5. The van der Waals surface area contributed by atoms with Crippen molar-refractivity contribution in [3.8, 4) is 0 Å². The zero-order valence-corrected chi connectivity index (χ0v) is 14.0. The number of aromatic nitrogens is 2. The summed E-state index contributed by atoms with van der Waals surface area (Å²) in [5.74, 6) is -0.962. The first-order valence-electron chi connectivity index (χ1n) is 8.17. The van der Waals surface area contributed by atoms with Gasteiger partial charge in [0.05, 0.1) is 16.6 Å². The molecule has 2 aromatic heterocycles. The number of nitrogens with zero attached hydrogens (tertiary/aromatic N) is 2. The zero-order chi connectivity index (χ0) is 17.4. The number of carbonyl (C=O) groups excluding carboxylic acids is 1. The second kappa shape index (κ2) is 6.22. The molecule has 0 aromatic carbocycles. The Balaban J connectivity index is 1.96. The third-order valence-electron chi connectivity index (χ3n) is 4.19. The van der Waals surface area contributed by atoms with E-state index in [9.17, 15) is 14.7 Å². The molecule has 0 bridgehead atoms. The summed E-state index contributed by atoms with van der Waals surface area (Å²) in [5.41, 5.74) is 2.09. The van der Waals surface area contributed by atoms with Crippen LogP contribution in [-0.2, 0) is 4.79 Å². The van der Waals surface area contributed by atoms with Crippen LogP contribution in [0.5, 0.6) is 0 Å². The van der Waals surface area contributed by atoms with Crippen LogP contribution in [-0.4, -0.2) is 33.2 Å². The maximum absolute atomic E-state index is 12.7. The van der Waals surface area contributed by atoms with E-state index in [0.29, 0.717) is 34.7 Å². The Bertz CT molecular complexity index is 792. The van der Waals surface area contributed by atoms with Crippen molar-refractivity contribution in [3.05, 3.63) is 23.0 Å². The molecule has 7 nitrogen and oxygen atoms in total. The van der Waals surface area contributed by atoms with Crippen LogP contribution in [0.4, 0.5) is 0 Å².